The number of halogens is 4. The maximum atomic E-state index is 12.2. The predicted molar refractivity (Wildman–Crippen MR) is 70.7 cm³/mol. The first-order chi connectivity index (χ1) is 9.60. The van der Waals surface area contributed by atoms with E-state index in [1.807, 2.05) is 0 Å². The van der Waals surface area contributed by atoms with Gasteiger partial charge >= 0.3 is 12.1 Å². The van der Waals surface area contributed by atoms with Crippen LogP contribution in [0.5, 0.6) is 0 Å². The highest BCUT2D eigenvalue weighted by Gasteiger charge is 2.42. The van der Waals surface area contributed by atoms with Gasteiger partial charge in [0, 0.05) is 19.1 Å². The molecular weight excluding hydrogens is 353 g/mol. The third-order valence-electron chi connectivity index (χ3n) is 2.89. The van der Waals surface area contributed by atoms with Gasteiger partial charge < -0.3 is 5.32 Å². The van der Waals surface area contributed by atoms with Gasteiger partial charge in [-0.25, -0.2) is 8.42 Å². The Hall–Kier alpha value is -0.840. The number of hydrogen-bond donors (Lipinski definition) is 1. The van der Waals surface area contributed by atoms with Crippen LogP contribution in [0.15, 0.2) is 16.3 Å². The smallest absolute Gasteiger partial charge is 0.344 e. The van der Waals surface area contributed by atoms with Crippen LogP contribution < -0.4 is 5.32 Å². The second-order valence-electron chi connectivity index (χ2n) is 4.38. The van der Waals surface area contributed by atoms with E-state index in [0.717, 1.165) is 15.6 Å². The van der Waals surface area contributed by atoms with Crippen molar-refractivity contribution in [2.75, 3.05) is 13.1 Å². The van der Waals surface area contributed by atoms with Gasteiger partial charge in [0.15, 0.2) is 0 Å². The number of hydrogen-bond acceptors (Lipinski definition) is 4. The fraction of sp³-hybridized carbons (Fsp3) is 0.500. The Morgan fingerprint density at radius 2 is 2.10 bits per heavy atom. The molecule has 1 saturated heterocycles. The Balaban J connectivity index is 2.04. The number of nitrogens with zero attached hydrogens (tertiary/aromatic N) is 1. The predicted octanol–water partition coefficient (Wildman–Crippen LogP) is 1.84. The molecule has 0 aromatic carbocycles. The summed E-state index contributed by atoms with van der Waals surface area (Å²) in [5.41, 5.74) is 0. The molecule has 1 amide bonds. The summed E-state index contributed by atoms with van der Waals surface area (Å²) in [6.07, 6.45) is -4.85. The van der Waals surface area contributed by atoms with Gasteiger partial charge in [0.05, 0.1) is 4.34 Å². The number of nitrogens with one attached hydrogen (secondary N) is 1. The van der Waals surface area contributed by atoms with Gasteiger partial charge in [-0.2, -0.15) is 17.5 Å². The summed E-state index contributed by atoms with van der Waals surface area (Å²) >= 11 is 6.54. The molecule has 0 spiro atoms. The van der Waals surface area contributed by atoms with Crippen molar-refractivity contribution in [2.45, 2.75) is 22.8 Å². The zero-order valence-electron chi connectivity index (χ0n) is 10.4. The summed E-state index contributed by atoms with van der Waals surface area (Å²) in [6.45, 7) is -0.152. The molecule has 1 unspecified atom stereocenters. The van der Waals surface area contributed by atoms with Gasteiger partial charge in [-0.3, -0.25) is 4.79 Å². The lowest BCUT2D eigenvalue weighted by atomic mass is 10.2. The lowest BCUT2D eigenvalue weighted by Crippen LogP contribution is -2.44. The minimum absolute atomic E-state index is 0.0234. The molecule has 1 aliphatic rings. The lowest BCUT2D eigenvalue weighted by Gasteiger charge is -2.16. The molecule has 1 aromatic heterocycles. The summed E-state index contributed by atoms with van der Waals surface area (Å²) in [5, 5.41) is 1.78. The second kappa shape index (κ2) is 5.75. The van der Waals surface area contributed by atoms with E-state index in [1.165, 1.54) is 12.1 Å². The van der Waals surface area contributed by atoms with Crippen molar-refractivity contribution in [1.82, 2.24) is 9.62 Å². The molecule has 2 rings (SSSR count). The van der Waals surface area contributed by atoms with Crippen LogP contribution in [0, 0.1) is 0 Å². The summed E-state index contributed by atoms with van der Waals surface area (Å²) < 4.78 is 62.2. The zero-order valence-corrected chi connectivity index (χ0v) is 12.7. The highest BCUT2D eigenvalue weighted by Crippen LogP contribution is 2.30. The Morgan fingerprint density at radius 1 is 1.43 bits per heavy atom. The zero-order chi connectivity index (χ0) is 15.8. The van der Waals surface area contributed by atoms with Crippen LogP contribution in [0.4, 0.5) is 13.2 Å². The van der Waals surface area contributed by atoms with E-state index >= 15 is 0 Å². The molecular formula is C10H10ClF3N2O3S2. The third-order valence-corrected chi connectivity index (χ3v) is 6.45. The molecule has 1 aliphatic heterocycles. The molecule has 2 heterocycles. The molecule has 0 aliphatic carbocycles. The highest BCUT2D eigenvalue weighted by atomic mass is 35.5. The molecule has 1 aromatic rings. The van der Waals surface area contributed by atoms with Gasteiger partial charge in [0.2, 0.25) is 0 Å². The van der Waals surface area contributed by atoms with E-state index in [9.17, 15) is 26.4 Å². The second-order valence-corrected chi connectivity index (χ2v) is 8.26. The fourth-order valence-electron chi connectivity index (χ4n) is 1.90. The summed E-state index contributed by atoms with van der Waals surface area (Å²) in [7, 11) is -3.79. The molecule has 5 nitrogen and oxygen atoms in total. The van der Waals surface area contributed by atoms with Crippen molar-refractivity contribution in [3.8, 4) is 0 Å². The topological polar surface area (TPSA) is 66.5 Å². The minimum Gasteiger partial charge on any atom is -0.344 e. The van der Waals surface area contributed by atoms with Crippen LogP contribution in [0.3, 0.4) is 0 Å². The number of carbonyl (C=O) groups excluding carboxylic acids is 1. The first-order valence-corrected chi connectivity index (χ1v) is 8.37. The van der Waals surface area contributed by atoms with Crippen LogP contribution >= 0.6 is 22.9 Å². The lowest BCUT2D eigenvalue weighted by molar-refractivity contribution is -0.174. The molecule has 0 bridgehead atoms. The van der Waals surface area contributed by atoms with Crippen molar-refractivity contribution in [1.29, 1.82) is 0 Å². The van der Waals surface area contributed by atoms with Crippen molar-refractivity contribution < 1.29 is 26.4 Å². The molecule has 11 heteroatoms. The number of amides is 1. The van der Waals surface area contributed by atoms with E-state index in [0.29, 0.717) is 4.34 Å². The molecule has 0 saturated carbocycles. The molecule has 1 N–H and O–H groups in total. The van der Waals surface area contributed by atoms with Crippen LogP contribution in [0.2, 0.25) is 4.34 Å². The van der Waals surface area contributed by atoms with Crippen molar-refractivity contribution in [3.05, 3.63) is 16.5 Å². The Morgan fingerprint density at radius 3 is 2.62 bits per heavy atom. The summed E-state index contributed by atoms with van der Waals surface area (Å²) in [6, 6.07) is 1.91. The number of rotatable bonds is 3. The van der Waals surface area contributed by atoms with Crippen LogP contribution in [0.1, 0.15) is 6.42 Å². The van der Waals surface area contributed by atoms with E-state index in [2.05, 4.69) is 0 Å². The number of alkyl halides is 3. The van der Waals surface area contributed by atoms with Gasteiger partial charge in [0.1, 0.15) is 4.21 Å². The summed E-state index contributed by atoms with van der Waals surface area (Å²) in [5.74, 6) is -2.06. The van der Waals surface area contributed by atoms with Crippen LogP contribution in [-0.2, 0) is 14.8 Å². The van der Waals surface area contributed by atoms with Crippen molar-refractivity contribution in [3.63, 3.8) is 0 Å². The quantitative estimate of drug-likeness (QED) is 0.892. The van der Waals surface area contributed by atoms with Crippen LogP contribution in [0.25, 0.3) is 0 Å². The van der Waals surface area contributed by atoms with Gasteiger partial charge in [-0.15, -0.1) is 11.3 Å². The van der Waals surface area contributed by atoms with Crippen molar-refractivity contribution in [2.24, 2.45) is 0 Å². The maximum absolute atomic E-state index is 12.2. The van der Waals surface area contributed by atoms with Gasteiger partial charge in [0.25, 0.3) is 10.0 Å². The van der Waals surface area contributed by atoms with E-state index in [1.54, 1.807) is 5.32 Å². The highest BCUT2D eigenvalue weighted by molar-refractivity contribution is 7.91. The monoisotopic (exact) mass is 362 g/mol. The molecule has 1 fully saturated rings. The van der Waals surface area contributed by atoms with Gasteiger partial charge in [-0.05, 0) is 18.6 Å². The van der Waals surface area contributed by atoms with E-state index in [4.69, 9.17) is 11.6 Å². The fourth-order valence-corrected chi connectivity index (χ4v) is 5.03. The molecule has 118 valence electrons. The number of carbonyl (C=O) groups is 1. The largest absolute Gasteiger partial charge is 0.471 e. The molecule has 1 atom stereocenters. The molecule has 21 heavy (non-hydrogen) atoms. The normalized spacial score (nSPS) is 20.7. The Bertz CT molecular complexity index is 644. The Labute approximate surface area is 127 Å². The van der Waals surface area contributed by atoms with E-state index in [-0.39, 0.29) is 23.7 Å². The van der Waals surface area contributed by atoms with E-state index < -0.39 is 28.1 Å². The van der Waals surface area contributed by atoms with Gasteiger partial charge in [-0.1, -0.05) is 11.6 Å². The molecule has 0 radical (unpaired) electrons. The first kappa shape index (κ1) is 16.5. The maximum Gasteiger partial charge on any atom is 0.471 e. The Kier molecular flexibility index (Phi) is 4.52. The van der Waals surface area contributed by atoms with Crippen LogP contribution in [-0.4, -0.2) is 43.9 Å². The average molecular weight is 363 g/mol. The third kappa shape index (κ3) is 3.68. The van der Waals surface area contributed by atoms with Crippen molar-refractivity contribution >= 4 is 38.9 Å². The first-order valence-electron chi connectivity index (χ1n) is 5.74. The standard InChI is InChI=1S/C10H10ClF3N2O3S2/c11-7-1-2-8(20-7)21(18,19)16-4-3-6(5-16)15-9(17)10(12,13)14/h1-2,6H,3-5H2,(H,15,17). The minimum atomic E-state index is -4.98. The number of thiophene rings is 1. The SMILES string of the molecule is O=C(NC1CCN(S(=O)(=O)c2ccc(Cl)s2)C1)C(F)(F)F. The summed E-state index contributed by atoms with van der Waals surface area (Å²) in [4.78, 5) is 10.8. The number of sulfonamides is 1. The average Bonchev–Trinajstić information content (AvgIpc) is 2.97.